The van der Waals surface area contributed by atoms with Crippen molar-refractivity contribution in [2.75, 3.05) is 0 Å². The fraction of sp³-hybridized carbons (Fsp3) is 0. The Kier molecular flexibility index (Phi) is 4.24. The van der Waals surface area contributed by atoms with Crippen molar-refractivity contribution in [2.45, 2.75) is 0 Å². The predicted octanol–water partition coefficient (Wildman–Crippen LogP) is 4.30. The van der Waals surface area contributed by atoms with Gasteiger partial charge in [-0.1, -0.05) is 30.0 Å². The number of rotatable bonds is 0. The van der Waals surface area contributed by atoms with Crippen LogP contribution in [0.15, 0.2) is 48.5 Å². The van der Waals surface area contributed by atoms with Crippen molar-refractivity contribution in [3.8, 4) is 11.8 Å². The van der Waals surface area contributed by atoms with E-state index in [4.69, 9.17) is 0 Å². The lowest BCUT2D eigenvalue weighted by Gasteiger charge is -1.94. The number of hydrogen-bond donors (Lipinski definition) is 0. The van der Waals surface area contributed by atoms with E-state index in [0.717, 1.165) is 11.1 Å². The fourth-order valence-corrected chi connectivity index (χ4v) is 2.33. The zero-order valence-corrected chi connectivity index (χ0v) is 12.7. The molecule has 0 aromatic heterocycles. The summed E-state index contributed by atoms with van der Waals surface area (Å²) in [5, 5.41) is 0. The maximum atomic E-state index is 3.20. The second-order valence-electron chi connectivity index (χ2n) is 3.24. The molecule has 2 rings (SSSR count). The van der Waals surface area contributed by atoms with Gasteiger partial charge in [0.2, 0.25) is 0 Å². The van der Waals surface area contributed by atoms with Crippen LogP contribution in [-0.4, -0.2) is 0 Å². The zero-order chi connectivity index (χ0) is 11.4. The maximum Gasteiger partial charge on any atom is 0.0382 e. The van der Waals surface area contributed by atoms with Crippen LogP contribution in [0.1, 0.15) is 11.1 Å². The van der Waals surface area contributed by atoms with Crippen LogP contribution in [0.4, 0.5) is 0 Å². The highest BCUT2D eigenvalue weighted by molar-refractivity contribution is 14.1. The summed E-state index contributed by atoms with van der Waals surface area (Å²) in [6, 6.07) is 16.4. The first-order valence-electron chi connectivity index (χ1n) is 4.78. The van der Waals surface area contributed by atoms with E-state index in [2.05, 4.69) is 75.2 Å². The van der Waals surface area contributed by atoms with Crippen molar-refractivity contribution in [1.29, 1.82) is 0 Å². The Bertz CT molecular complexity index is 562. The average Bonchev–Trinajstić information content (AvgIpc) is 2.28. The molecule has 16 heavy (non-hydrogen) atoms. The van der Waals surface area contributed by atoms with E-state index in [-0.39, 0.29) is 0 Å². The highest BCUT2D eigenvalue weighted by Crippen LogP contribution is 2.11. The molecule has 0 aliphatic rings. The van der Waals surface area contributed by atoms with Crippen LogP contribution in [0.5, 0.6) is 0 Å². The molecule has 0 atom stereocenters. The standard InChI is InChI=1S/C14H8I2/c15-13-6-3-4-11(10-13)8-9-12-5-1-2-7-14(12)16/h1-7,10H. The van der Waals surface area contributed by atoms with E-state index in [1.54, 1.807) is 0 Å². The molecule has 0 bridgehead atoms. The third kappa shape index (κ3) is 3.22. The molecule has 2 aromatic carbocycles. The molecule has 0 saturated carbocycles. The molecule has 0 heterocycles. The third-order valence-electron chi connectivity index (χ3n) is 2.04. The molecular formula is C14H8I2. The average molecular weight is 430 g/mol. The Balaban J connectivity index is 2.32. The minimum atomic E-state index is 1.06. The van der Waals surface area contributed by atoms with Crippen molar-refractivity contribution in [1.82, 2.24) is 0 Å². The van der Waals surface area contributed by atoms with Gasteiger partial charge in [0.1, 0.15) is 0 Å². The van der Waals surface area contributed by atoms with E-state index in [0.29, 0.717) is 0 Å². The van der Waals surface area contributed by atoms with Crippen LogP contribution in [0, 0.1) is 19.0 Å². The largest absolute Gasteiger partial charge is 0.0616 e. The quantitative estimate of drug-likeness (QED) is 0.432. The zero-order valence-electron chi connectivity index (χ0n) is 8.37. The second-order valence-corrected chi connectivity index (χ2v) is 5.65. The van der Waals surface area contributed by atoms with Crippen molar-refractivity contribution in [2.24, 2.45) is 0 Å². The van der Waals surface area contributed by atoms with Crippen LogP contribution < -0.4 is 0 Å². The maximum absolute atomic E-state index is 3.20. The Morgan fingerprint density at radius 3 is 2.38 bits per heavy atom. The van der Waals surface area contributed by atoms with Gasteiger partial charge in [0.05, 0.1) is 0 Å². The summed E-state index contributed by atoms with van der Waals surface area (Å²) in [4.78, 5) is 0. The summed E-state index contributed by atoms with van der Waals surface area (Å²) >= 11 is 4.60. The van der Waals surface area contributed by atoms with Crippen LogP contribution in [0.3, 0.4) is 0 Å². The summed E-state index contributed by atoms with van der Waals surface area (Å²) in [5.41, 5.74) is 2.15. The molecule has 0 saturated heterocycles. The summed E-state index contributed by atoms with van der Waals surface area (Å²) in [6.07, 6.45) is 0. The minimum Gasteiger partial charge on any atom is -0.0616 e. The lowest BCUT2D eigenvalue weighted by atomic mass is 10.2. The summed E-state index contributed by atoms with van der Waals surface area (Å²) in [5.74, 6) is 6.38. The van der Waals surface area contributed by atoms with Gasteiger partial charge in [-0.15, -0.1) is 0 Å². The molecule has 0 nitrogen and oxygen atoms in total. The molecular weight excluding hydrogens is 422 g/mol. The Hall–Kier alpha value is -0.540. The molecule has 78 valence electrons. The fourth-order valence-electron chi connectivity index (χ4n) is 1.27. The molecule has 0 radical (unpaired) electrons. The van der Waals surface area contributed by atoms with E-state index < -0.39 is 0 Å². The molecule has 2 aromatic rings. The molecule has 0 amide bonds. The monoisotopic (exact) mass is 430 g/mol. The first-order chi connectivity index (χ1) is 7.75. The second kappa shape index (κ2) is 5.69. The van der Waals surface area contributed by atoms with Crippen LogP contribution >= 0.6 is 45.2 Å². The van der Waals surface area contributed by atoms with Gasteiger partial charge in [0.25, 0.3) is 0 Å². The Morgan fingerprint density at radius 1 is 0.812 bits per heavy atom. The van der Waals surface area contributed by atoms with E-state index in [1.165, 1.54) is 7.14 Å². The predicted molar refractivity (Wildman–Crippen MR) is 84.3 cm³/mol. The minimum absolute atomic E-state index is 1.06. The van der Waals surface area contributed by atoms with Gasteiger partial charge in [-0.2, -0.15) is 0 Å². The molecule has 0 aliphatic carbocycles. The van der Waals surface area contributed by atoms with Gasteiger partial charge in [0.15, 0.2) is 0 Å². The Labute approximate surface area is 123 Å². The highest BCUT2D eigenvalue weighted by Gasteiger charge is 1.93. The van der Waals surface area contributed by atoms with E-state index in [9.17, 15) is 0 Å². The summed E-state index contributed by atoms with van der Waals surface area (Å²) < 4.78 is 2.41. The SMILES string of the molecule is Ic1cccc(C#Cc2ccccc2I)c1. The van der Waals surface area contributed by atoms with Gasteiger partial charge in [-0.3, -0.25) is 0 Å². The third-order valence-corrected chi connectivity index (χ3v) is 3.65. The molecule has 0 spiro atoms. The van der Waals surface area contributed by atoms with E-state index >= 15 is 0 Å². The van der Waals surface area contributed by atoms with Crippen LogP contribution in [-0.2, 0) is 0 Å². The van der Waals surface area contributed by atoms with Gasteiger partial charge >= 0.3 is 0 Å². The molecule has 0 aliphatic heterocycles. The smallest absolute Gasteiger partial charge is 0.0382 e. The molecule has 0 N–H and O–H groups in total. The molecule has 0 unspecified atom stereocenters. The summed E-state index contributed by atoms with van der Waals surface area (Å²) in [6.45, 7) is 0. The lowest BCUT2D eigenvalue weighted by molar-refractivity contribution is 1.57. The van der Waals surface area contributed by atoms with Crippen molar-refractivity contribution < 1.29 is 0 Å². The molecule has 0 fully saturated rings. The number of halogens is 2. The lowest BCUT2D eigenvalue weighted by Crippen LogP contribution is -1.80. The van der Waals surface area contributed by atoms with Crippen molar-refractivity contribution >= 4 is 45.2 Å². The first-order valence-corrected chi connectivity index (χ1v) is 6.93. The van der Waals surface area contributed by atoms with Crippen molar-refractivity contribution in [3.63, 3.8) is 0 Å². The highest BCUT2D eigenvalue weighted by atomic mass is 127. The van der Waals surface area contributed by atoms with Gasteiger partial charge in [-0.05, 0) is 75.5 Å². The number of benzene rings is 2. The van der Waals surface area contributed by atoms with Gasteiger partial charge in [0, 0.05) is 18.3 Å². The van der Waals surface area contributed by atoms with Gasteiger partial charge in [-0.25, -0.2) is 0 Å². The summed E-state index contributed by atoms with van der Waals surface area (Å²) in [7, 11) is 0. The normalized spacial score (nSPS) is 9.38. The van der Waals surface area contributed by atoms with Crippen LogP contribution in [0.2, 0.25) is 0 Å². The first kappa shape index (κ1) is 11.9. The van der Waals surface area contributed by atoms with Crippen molar-refractivity contribution in [3.05, 3.63) is 66.8 Å². The number of hydrogen-bond acceptors (Lipinski definition) is 0. The Morgan fingerprint density at radius 2 is 1.62 bits per heavy atom. The van der Waals surface area contributed by atoms with Crippen LogP contribution in [0.25, 0.3) is 0 Å². The topological polar surface area (TPSA) is 0 Å². The van der Waals surface area contributed by atoms with E-state index in [1.807, 2.05) is 30.3 Å². The molecule has 2 heteroatoms. The van der Waals surface area contributed by atoms with Gasteiger partial charge < -0.3 is 0 Å².